The van der Waals surface area contributed by atoms with Gasteiger partial charge < -0.3 is 5.32 Å². The maximum Gasteiger partial charge on any atom is 0.0379 e. The smallest absolute Gasteiger partial charge is 0.0379 e. The molecule has 0 rings (SSSR count). The largest absolute Gasteiger partial charge is 0.313 e. The molecule has 0 spiro atoms. The van der Waals surface area contributed by atoms with Crippen LogP contribution in [-0.2, 0) is 0 Å². The summed E-state index contributed by atoms with van der Waals surface area (Å²) in [5.41, 5.74) is 0. The molecular weight excluding hydrogens is 190 g/mol. The van der Waals surface area contributed by atoms with Crippen LogP contribution in [0.15, 0.2) is 0 Å². The van der Waals surface area contributed by atoms with Gasteiger partial charge in [-0.2, -0.15) is 11.8 Å². The monoisotopic (exact) mass is 209 g/mol. The molecule has 12 heavy (non-hydrogen) atoms. The van der Waals surface area contributed by atoms with Crippen molar-refractivity contribution in [1.82, 2.24) is 5.32 Å². The maximum atomic E-state index is 5.81. The van der Waals surface area contributed by atoms with Crippen molar-refractivity contribution < 1.29 is 0 Å². The molecule has 1 unspecified atom stereocenters. The van der Waals surface area contributed by atoms with E-state index in [2.05, 4.69) is 25.4 Å². The van der Waals surface area contributed by atoms with Crippen LogP contribution in [0.3, 0.4) is 0 Å². The molecule has 0 aliphatic carbocycles. The molecule has 0 aliphatic heterocycles. The number of thioether (sulfide) groups is 1. The molecule has 0 saturated carbocycles. The lowest BCUT2D eigenvalue weighted by molar-refractivity contribution is 0.432. The van der Waals surface area contributed by atoms with Crippen molar-refractivity contribution in [3.05, 3.63) is 0 Å². The molecule has 0 amide bonds. The number of rotatable bonds is 7. The second kappa shape index (κ2) is 8.21. The number of hydrogen-bond donors (Lipinski definition) is 1. The first-order chi connectivity index (χ1) is 5.72. The molecule has 0 aliphatic rings. The van der Waals surface area contributed by atoms with Crippen molar-refractivity contribution in [3.63, 3.8) is 0 Å². The normalized spacial score (nSPS) is 13.8. The van der Waals surface area contributed by atoms with Gasteiger partial charge in [0.2, 0.25) is 0 Å². The molecule has 0 fully saturated rings. The van der Waals surface area contributed by atoms with E-state index in [-0.39, 0.29) is 0 Å². The Morgan fingerprint density at radius 3 is 2.50 bits per heavy atom. The third kappa shape index (κ3) is 6.15. The first-order valence-corrected chi connectivity index (χ1v) is 6.43. The standard InChI is InChI=1S/C9H20ClNS/c1-8(2)9(7-10)11-5-4-6-12-3/h8-9,11H,4-7H2,1-3H3. The first kappa shape index (κ1) is 12.6. The molecule has 3 heteroatoms. The van der Waals surface area contributed by atoms with E-state index in [1.807, 2.05) is 11.8 Å². The Morgan fingerprint density at radius 1 is 1.42 bits per heavy atom. The molecule has 0 aromatic heterocycles. The zero-order chi connectivity index (χ0) is 9.40. The lowest BCUT2D eigenvalue weighted by atomic mass is 10.1. The van der Waals surface area contributed by atoms with E-state index in [4.69, 9.17) is 11.6 Å². The van der Waals surface area contributed by atoms with Crippen molar-refractivity contribution in [2.75, 3.05) is 24.4 Å². The van der Waals surface area contributed by atoms with Crippen LogP contribution in [0.2, 0.25) is 0 Å². The van der Waals surface area contributed by atoms with Crippen LogP contribution in [-0.4, -0.2) is 30.5 Å². The minimum Gasteiger partial charge on any atom is -0.313 e. The van der Waals surface area contributed by atoms with Gasteiger partial charge in [0, 0.05) is 11.9 Å². The summed E-state index contributed by atoms with van der Waals surface area (Å²) in [6.07, 6.45) is 3.38. The Kier molecular flexibility index (Phi) is 8.62. The second-order valence-corrected chi connectivity index (χ2v) is 4.60. The molecule has 1 nitrogen and oxygen atoms in total. The molecule has 0 saturated heterocycles. The van der Waals surface area contributed by atoms with Crippen molar-refractivity contribution in [1.29, 1.82) is 0 Å². The number of alkyl halides is 1. The molecule has 0 bridgehead atoms. The van der Waals surface area contributed by atoms with Crippen molar-refractivity contribution in [2.45, 2.75) is 26.3 Å². The zero-order valence-corrected chi connectivity index (χ0v) is 9.84. The fourth-order valence-electron chi connectivity index (χ4n) is 0.972. The minimum atomic E-state index is 0.480. The summed E-state index contributed by atoms with van der Waals surface area (Å²) >= 11 is 7.70. The fraction of sp³-hybridized carbons (Fsp3) is 1.00. The highest BCUT2D eigenvalue weighted by Crippen LogP contribution is 2.03. The molecule has 1 atom stereocenters. The lowest BCUT2D eigenvalue weighted by Crippen LogP contribution is -2.36. The van der Waals surface area contributed by atoms with Crippen LogP contribution in [0.5, 0.6) is 0 Å². The molecule has 74 valence electrons. The predicted octanol–water partition coefficient (Wildman–Crippen LogP) is 2.59. The highest BCUT2D eigenvalue weighted by atomic mass is 35.5. The molecule has 0 aromatic carbocycles. The quantitative estimate of drug-likeness (QED) is 0.511. The van der Waals surface area contributed by atoms with Crippen molar-refractivity contribution in [2.24, 2.45) is 5.92 Å². The van der Waals surface area contributed by atoms with Crippen LogP contribution >= 0.6 is 23.4 Å². The number of hydrogen-bond acceptors (Lipinski definition) is 2. The average Bonchev–Trinajstić information content (AvgIpc) is 2.04. The zero-order valence-electron chi connectivity index (χ0n) is 8.27. The highest BCUT2D eigenvalue weighted by molar-refractivity contribution is 7.98. The second-order valence-electron chi connectivity index (χ2n) is 3.31. The topological polar surface area (TPSA) is 12.0 Å². The predicted molar refractivity (Wildman–Crippen MR) is 60.3 cm³/mol. The van der Waals surface area contributed by atoms with Gasteiger partial charge in [0.1, 0.15) is 0 Å². The number of nitrogens with one attached hydrogen (secondary N) is 1. The highest BCUT2D eigenvalue weighted by Gasteiger charge is 2.09. The van der Waals surface area contributed by atoms with E-state index in [9.17, 15) is 0 Å². The summed E-state index contributed by atoms with van der Waals surface area (Å²) < 4.78 is 0. The summed E-state index contributed by atoms with van der Waals surface area (Å²) in [6, 6.07) is 0.480. The summed E-state index contributed by atoms with van der Waals surface area (Å²) in [5, 5.41) is 3.46. The van der Waals surface area contributed by atoms with Gasteiger partial charge in [0.15, 0.2) is 0 Å². The van der Waals surface area contributed by atoms with Crippen molar-refractivity contribution in [3.8, 4) is 0 Å². The Balaban J connectivity index is 3.32. The van der Waals surface area contributed by atoms with Crippen LogP contribution in [0.1, 0.15) is 20.3 Å². The molecule has 0 radical (unpaired) electrons. The Morgan fingerprint density at radius 2 is 2.08 bits per heavy atom. The fourth-order valence-corrected chi connectivity index (χ4v) is 1.87. The Bertz CT molecular complexity index is 98.5. The van der Waals surface area contributed by atoms with Crippen LogP contribution in [0.25, 0.3) is 0 Å². The maximum absolute atomic E-state index is 5.81. The summed E-state index contributed by atoms with van der Waals surface area (Å²) in [5.74, 6) is 2.59. The van der Waals surface area contributed by atoms with Gasteiger partial charge in [-0.3, -0.25) is 0 Å². The molecular formula is C9H20ClNS. The van der Waals surface area contributed by atoms with E-state index < -0.39 is 0 Å². The van der Waals surface area contributed by atoms with Gasteiger partial charge in [-0.15, -0.1) is 11.6 Å². The minimum absolute atomic E-state index is 0.480. The summed E-state index contributed by atoms with van der Waals surface area (Å²) in [6.45, 7) is 5.50. The molecule has 0 aromatic rings. The van der Waals surface area contributed by atoms with E-state index >= 15 is 0 Å². The van der Waals surface area contributed by atoms with Gasteiger partial charge in [-0.05, 0) is 30.9 Å². The summed E-state index contributed by atoms with van der Waals surface area (Å²) in [7, 11) is 0. The first-order valence-electron chi connectivity index (χ1n) is 4.50. The average molecular weight is 210 g/mol. The third-order valence-electron chi connectivity index (χ3n) is 1.90. The lowest BCUT2D eigenvalue weighted by Gasteiger charge is -2.19. The molecule has 0 heterocycles. The van der Waals surface area contributed by atoms with E-state index in [1.165, 1.54) is 12.2 Å². The van der Waals surface area contributed by atoms with E-state index in [1.54, 1.807) is 0 Å². The van der Waals surface area contributed by atoms with E-state index in [0.717, 1.165) is 12.4 Å². The van der Waals surface area contributed by atoms with Gasteiger partial charge in [0.05, 0.1) is 0 Å². The van der Waals surface area contributed by atoms with Gasteiger partial charge in [-0.25, -0.2) is 0 Å². The van der Waals surface area contributed by atoms with Gasteiger partial charge in [0.25, 0.3) is 0 Å². The Labute approximate surface area is 85.6 Å². The van der Waals surface area contributed by atoms with Gasteiger partial charge >= 0.3 is 0 Å². The van der Waals surface area contributed by atoms with Crippen molar-refractivity contribution >= 4 is 23.4 Å². The van der Waals surface area contributed by atoms with Crippen LogP contribution in [0, 0.1) is 5.92 Å². The van der Waals surface area contributed by atoms with Gasteiger partial charge in [-0.1, -0.05) is 13.8 Å². The Hall–Kier alpha value is 0.600. The molecule has 1 N–H and O–H groups in total. The van der Waals surface area contributed by atoms with E-state index in [0.29, 0.717) is 12.0 Å². The third-order valence-corrected chi connectivity index (χ3v) is 2.93. The number of halogens is 1. The van der Waals surface area contributed by atoms with Crippen LogP contribution in [0.4, 0.5) is 0 Å². The summed E-state index contributed by atoms with van der Waals surface area (Å²) in [4.78, 5) is 0. The van der Waals surface area contributed by atoms with Crippen LogP contribution < -0.4 is 5.32 Å². The SMILES string of the molecule is CSCCCNC(CCl)C(C)C.